The molecule has 0 amide bonds. The second-order valence-corrected chi connectivity index (χ2v) is 5.46. The van der Waals surface area contributed by atoms with E-state index in [-0.39, 0.29) is 0 Å². The Labute approximate surface area is 121 Å². The number of anilines is 1. The summed E-state index contributed by atoms with van der Waals surface area (Å²) < 4.78 is 5.33. The summed E-state index contributed by atoms with van der Waals surface area (Å²) in [6, 6.07) is 0.577. The fourth-order valence-corrected chi connectivity index (χ4v) is 3.04. The minimum Gasteiger partial charge on any atom is -0.481 e. The Morgan fingerprint density at radius 1 is 1.30 bits per heavy atom. The third-order valence-electron chi connectivity index (χ3n) is 4.10. The van der Waals surface area contributed by atoms with Gasteiger partial charge in [0.2, 0.25) is 5.88 Å². The third-order valence-corrected chi connectivity index (χ3v) is 4.10. The topological polar surface area (TPSA) is 64.3 Å². The molecule has 0 bridgehead atoms. The number of rotatable bonds is 6. The molecular formula is C15H26N4O. The quantitative estimate of drug-likeness (QED) is 0.865. The molecule has 20 heavy (non-hydrogen) atoms. The zero-order chi connectivity index (χ0) is 14.4. The van der Waals surface area contributed by atoms with Crippen LogP contribution < -0.4 is 15.4 Å². The summed E-state index contributed by atoms with van der Waals surface area (Å²) in [6.07, 6.45) is 9.05. The van der Waals surface area contributed by atoms with Gasteiger partial charge < -0.3 is 15.4 Å². The van der Waals surface area contributed by atoms with Crippen LogP contribution in [0.2, 0.25) is 0 Å². The van der Waals surface area contributed by atoms with Crippen LogP contribution in [-0.4, -0.2) is 36.2 Å². The van der Waals surface area contributed by atoms with Gasteiger partial charge >= 0.3 is 0 Å². The molecule has 1 aliphatic rings. The molecule has 0 aliphatic heterocycles. The summed E-state index contributed by atoms with van der Waals surface area (Å²) in [6.45, 7) is 3.71. The van der Waals surface area contributed by atoms with E-state index in [0.29, 0.717) is 18.5 Å². The molecule has 1 fully saturated rings. The second-order valence-electron chi connectivity index (χ2n) is 5.46. The minimum atomic E-state index is 0.577. The van der Waals surface area contributed by atoms with E-state index in [2.05, 4.69) is 14.9 Å². The maximum atomic E-state index is 5.69. The highest BCUT2D eigenvalue weighted by molar-refractivity contribution is 5.51. The summed E-state index contributed by atoms with van der Waals surface area (Å²) in [5.74, 6) is 1.68. The van der Waals surface area contributed by atoms with Gasteiger partial charge in [-0.05, 0) is 32.7 Å². The average molecular weight is 278 g/mol. The Balaban J connectivity index is 2.25. The first kappa shape index (κ1) is 15.0. The van der Waals surface area contributed by atoms with Gasteiger partial charge in [0.1, 0.15) is 12.1 Å². The van der Waals surface area contributed by atoms with E-state index < -0.39 is 0 Å². The monoisotopic (exact) mass is 278 g/mol. The van der Waals surface area contributed by atoms with Crippen LogP contribution in [0.15, 0.2) is 6.33 Å². The van der Waals surface area contributed by atoms with Gasteiger partial charge in [-0.1, -0.05) is 19.3 Å². The van der Waals surface area contributed by atoms with E-state index in [1.807, 2.05) is 6.92 Å². The van der Waals surface area contributed by atoms with Crippen molar-refractivity contribution in [2.24, 2.45) is 5.73 Å². The van der Waals surface area contributed by atoms with E-state index >= 15 is 0 Å². The van der Waals surface area contributed by atoms with Crippen LogP contribution in [0.5, 0.6) is 5.88 Å². The van der Waals surface area contributed by atoms with Crippen molar-refractivity contribution >= 4 is 5.82 Å². The molecule has 0 saturated heterocycles. The lowest BCUT2D eigenvalue weighted by Crippen LogP contribution is -2.39. The number of nitrogens with two attached hydrogens (primary N) is 1. The normalized spacial score (nSPS) is 16.1. The fraction of sp³-hybridized carbons (Fsp3) is 0.733. The van der Waals surface area contributed by atoms with E-state index in [0.717, 1.165) is 24.3 Å². The largest absolute Gasteiger partial charge is 0.481 e. The number of hydrogen-bond donors (Lipinski definition) is 1. The molecular weight excluding hydrogens is 252 g/mol. The van der Waals surface area contributed by atoms with E-state index in [1.165, 1.54) is 32.1 Å². The van der Waals surface area contributed by atoms with Crippen molar-refractivity contribution < 1.29 is 4.74 Å². The van der Waals surface area contributed by atoms with Crippen LogP contribution in [0.4, 0.5) is 5.82 Å². The summed E-state index contributed by atoms with van der Waals surface area (Å²) >= 11 is 0. The van der Waals surface area contributed by atoms with Gasteiger partial charge in [0.05, 0.1) is 12.7 Å². The molecule has 5 nitrogen and oxygen atoms in total. The SMILES string of the molecule is COc1ncnc(N(CCCN)C2CCCCC2)c1C. The van der Waals surface area contributed by atoms with Crippen molar-refractivity contribution in [3.63, 3.8) is 0 Å². The van der Waals surface area contributed by atoms with Crippen LogP contribution in [0.3, 0.4) is 0 Å². The number of aromatic nitrogens is 2. The third kappa shape index (κ3) is 3.39. The van der Waals surface area contributed by atoms with Gasteiger partial charge in [-0.3, -0.25) is 0 Å². The molecule has 0 unspecified atom stereocenters. The molecule has 1 saturated carbocycles. The molecule has 1 aromatic heterocycles. The smallest absolute Gasteiger partial charge is 0.221 e. The highest BCUT2D eigenvalue weighted by atomic mass is 16.5. The first-order valence-electron chi connectivity index (χ1n) is 7.60. The molecule has 1 aliphatic carbocycles. The lowest BCUT2D eigenvalue weighted by Gasteiger charge is -2.36. The maximum absolute atomic E-state index is 5.69. The van der Waals surface area contributed by atoms with Crippen LogP contribution in [0.25, 0.3) is 0 Å². The van der Waals surface area contributed by atoms with Crippen molar-refractivity contribution in [1.29, 1.82) is 0 Å². The fourth-order valence-electron chi connectivity index (χ4n) is 3.04. The summed E-state index contributed by atoms with van der Waals surface area (Å²) in [4.78, 5) is 11.1. The number of nitrogens with zero attached hydrogens (tertiary/aromatic N) is 3. The van der Waals surface area contributed by atoms with Crippen LogP contribution in [-0.2, 0) is 0 Å². The zero-order valence-corrected chi connectivity index (χ0v) is 12.6. The molecule has 0 aromatic carbocycles. The van der Waals surface area contributed by atoms with E-state index in [1.54, 1.807) is 13.4 Å². The van der Waals surface area contributed by atoms with Crippen LogP contribution >= 0.6 is 0 Å². The van der Waals surface area contributed by atoms with Crippen molar-refractivity contribution in [3.8, 4) is 5.88 Å². The highest BCUT2D eigenvalue weighted by Gasteiger charge is 2.24. The van der Waals surface area contributed by atoms with Gasteiger partial charge in [-0.25, -0.2) is 9.97 Å². The van der Waals surface area contributed by atoms with Gasteiger partial charge in [0, 0.05) is 12.6 Å². The summed E-state index contributed by atoms with van der Waals surface area (Å²) in [5.41, 5.74) is 6.72. The Morgan fingerprint density at radius 2 is 2.05 bits per heavy atom. The van der Waals surface area contributed by atoms with Gasteiger partial charge in [0.15, 0.2) is 0 Å². The minimum absolute atomic E-state index is 0.577. The van der Waals surface area contributed by atoms with Gasteiger partial charge in [-0.2, -0.15) is 0 Å². The summed E-state index contributed by atoms with van der Waals surface area (Å²) in [5, 5.41) is 0. The van der Waals surface area contributed by atoms with Crippen molar-refractivity contribution in [3.05, 3.63) is 11.9 Å². The molecule has 0 radical (unpaired) electrons. The Hall–Kier alpha value is -1.36. The Bertz CT molecular complexity index is 418. The first-order chi connectivity index (χ1) is 9.77. The van der Waals surface area contributed by atoms with Crippen LogP contribution in [0, 0.1) is 6.92 Å². The summed E-state index contributed by atoms with van der Waals surface area (Å²) in [7, 11) is 1.66. The molecule has 2 rings (SSSR count). The van der Waals surface area contributed by atoms with E-state index in [4.69, 9.17) is 10.5 Å². The number of methoxy groups -OCH3 is 1. The second kappa shape index (κ2) is 7.43. The Kier molecular flexibility index (Phi) is 5.59. The van der Waals surface area contributed by atoms with Crippen molar-refractivity contribution in [1.82, 2.24) is 9.97 Å². The zero-order valence-electron chi connectivity index (χ0n) is 12.6. The molecule has 0 atom stereocenters. The Morgan fingerprint density at radius 3 is 2.70 bits per heavy atom. The standard InChI is InChI=1S/C15H26N4O/c1-12-14(17-11-18-15(12)20-2)19(10-6-9-16)13-7-4-3-5-8-13/h11,13H,3-10,16H2,1-2H3. The maximum Gasteiger partial charge on any atom is 0.221 e. The van der Waals surface area contributed by atoms with E-state index in [9.17, 15) is 0 Å². The van der Waals surface area contributed by atoms with Gasteiger partial charge in [0.25, 0.3) is 0 Å². The number of hydrogen-bond acceptors (Lipinski definition) is 5. The van der Waals surface area contributed by atoms with Crippen molar-refractivity contribution in [2.45, 2.75) is 51.5 Å². The molecule has 112 valence electrons. The lowest BCUT2D eigenvalue weighted by molar-refractivity contribution is 0.389. The van der Waals surface area contributed by atoms with Crippen molar-refractivity contribution in [2.75, 3.05) is 25.1 Å². The molecule has 1 aromatic rings. The number of ether oxygens (including phenoxy) is 1. The van der Waals surface area contributed by atoms with Gasteiger partial charge in [-0.15, -0.1) is 0 Å². The molecule has 1 heterocycles. The first-order valence-corrected chi connectivity index (χ1v) is 7.60. The molecule has 0 spiro atoms. The predicted octanol–water partition coefficient (Wildman–Crippen LogP) is 2.28. The highest BCUT2D eigenvalue weighted by Crippen LogP contribution is 2.30. The molecule has 5 heteroatoms. The van der Waals surface area contributed by atoms with Crippen LogP contribution in [0.1, 0.15) is 44.1 Å². The average Bonchev–Trinajstić information content (AvgIpc) is 2.50. The lowest BCUT2D eigenvalue weighted by atomic mass is 9.94. The molecule has 2 N–H and O–H groups in total. The predicted molar refractivity (Wildman–Crippen MR) is 81.2 cm³/mol.